The largest absolute Gasteiger partial charge is 0.508 e. The number of phenols is 1. The zero-order valence-electron chi connectivity index (χ0n) is 8.77. The molecule has 1 aromatic carbocycles. The SMILES string of the molecule is CN(C)C(C=O)Cc1cc(O)cc(Br)c1. The minimum Gasteiger partial charge on any atom is -0.508 e. The molecule has 0 aliphatic carbocycles. The highest BCUT2D eigenvalue weighted by atomic mass is 79.9. The molecule has 0 amide bonds. The Labute approximate surface area is 97.8 Å². The number of halogens is 1. The number of hydrogen-bond acceptors (Lipinski definition) is 3. The number of carbonyl (C=O) groups excluding carboxylic acids is 1. The molecule has 0 saturated heterocycles. The van der Waals surface area contributed by atoms with Gasteiger partial charge in [-0.1, -0.05) is 15.9 Å². The van der Waals surface area contributed by atoms with Crippen LogP contribution >= 0.6 is 15.9 Å². The lowest BCUT2D eigenvalue weighted by Gasteiger charge is -2.18. The van der Waals surface area contributed by atoms with E-state index in [0.29, 0.717) is 6.42 Å². The number of phenolic OH excluding ortho intramolecular Hbond substituents is 1. The Balaban J connectivity index is 2.83. The Hall–Kier alpha value is -0.870. The third-order valence-electron chi connectivity index (χ3n) is 2.21. The molecule has 0 fully saturated rings. The van der Waals surface area contributed by atoms with Gasteiger partial charge in [0.1, 0.15) is 12.0 Å². The smallest absolute Gasteiger partial charge is 0.137 e. The van der Waals surface area contributed by atoms with Crippen LogP contribution in [0, 0.1) is 0 Å². The van der Waals surface area contributed by atoms with E-state index >= 15 is 0 Å². The van der Waals surface area contributed by atoms with Crippen molar-refractivity contribution in [3.8, 4) is 5.75 Å². The number of aldehydes is 1. The third-order valence-corrected chi connectivity index (χ3v) is 2.67. The van der Waals surface area contributed by atoms with E-state index < -0.39 is 0 Å². The van der Waals surface area contributed by atoms with Crippen LogP contribution in [0.25, 0.3) is 0 Å². The summed E-state index contributed by atoms with van der Waals surface area (Å²) in [5.41, 5.74) is 0.938. The van der Waals surface area contributed by atoms with Gasteiger partial charge in [0.2, 0.25) is 0 Å². The van der Waals surface area contributed by atoms with Crippen LogP contribution in [0.5, 0.6) is 5.75 Å². The van der Waals surface area contributed by atoms with Crippen molar-refractivity contribution in [1.82, 2.24) is 4.90 Å². The molecule has 1 unspecified atom stereocenters. The van der Waals surface area contributed by atoms with Gasteiger partial charge in [0.25, 0.3) is 0 Å². The Bertz CT molecular complexity index is 332. The quantitative estimate of drug-likeness (QED) is 0.850. The second-order valence-electron chi connectivity index (χ2n) is 3.69. The normalized spacial score (nSPS) is 12.8. The zero-order chi connectivity index (χ0) is 11.4. The molecule has 0 saturated carbocycles. The van der Waals surface area contributed by atoms with E-state index in [4.69, 9.17) is 0 Å². The molecule has 82 valence electrons. The molecule has 0 bridgehead atoms. The highest BCUT2D eigenvalue weighted by molar-refractivity contribution is 9.10. The Morgan fingerprint density at radius 1 is 1.47 bits per heavy atom. The predicted octanol–water partition coefficient (Wildman–Crippen LogP) is 1.83. The van der Waals surface area contributed by atoms with Crippen LogP contribution in [0.1, 0.15) is 5.56 Å². The number of hydrogen-bond donors (Lipinski definition) is 1. The number of carbonyl (C=O) groups is 1. The number of rotatable bonds is 4. The second-order valence-corrected chi connectivity index (χ2v) is 4.60. The van der Waals surface area contributed by atoms with Crippen molar-refractivity contribution in [2.75, 3.05) is 14.1 Å². The van der Waals surface area contributed by atoms with E-state index in [1.165, 1.54) is 0 Å². The number of nitrogens with zero attached hydrogens (tertiary/aromatic N) is 1. The van der Waals surface area contributed by atoms with Crippen molar-refractivity contribution in [3.63, 3.8) is 0 Å². The van der Waals surface area contributed by atoms with E-state index in [1.54, 1.807) is 12.1 Å². The molecule has 3 nitrogen and oxygen atoms in total. The van der Waals surface area contributed by atoms with E-state index in [-0.39, 0.29) is 11.8 Å². The minimum absolute atomic E-state index is 0.154. The number of aromatic hydroxyl groups is 1. The summed E-state index contributed by atoms with van der Waals surface area (Å²) in [7, 11) is 3.72. The maximum atomic E-state index is 10.8. The van der Waals surface area contributed by atoms with Gasteiger partial charge in [-0.25, -0.2) is 0 Å². The van der Waals surface area contributed by atoms with Crippen LogP contribution in [0.15, 0.2) is 22.7 Å². The summed E-state index contributed by atoms with van der Waals surface area (Å²) in [5, 5.41) is 9.39. The van der Waals surface area contributed by atoms with Gasteiger partial charge < -0.3 is 9.90 Å². The van der Waals surface area contributed by atoms with Gasteiger partial charge in [-0.3, -0.25) is 4.90 Å². The fraction of sp³-hybridized carbons (Fsp3) is 0.364. The Kier molecular flexibility index (Phi) is 4.29. The van der Waals surface area contributed by atoms with Crippen LogP contribution in [0.3, 0.4) is 0 Å². The number of benzene rings is 1. The van der Waals surface area contributed by atoms with Gasteiger partial charge in [-0.2, -0.15) is 0 Å². The molecule has 4 heteroatoms. The lowest BCUT2D eigenvalue weighted by atomic mass is 10.1. The lowest BCUT2D eigenvalue weighted by Crippen LogP contribution is -2.31. The second kappa shape index (κ2) is 5.28. The van der Waals surface area contributed by atoms with Crippen molar-refractivity contribution in [2.24, 2.45) is 0 Å². The van der Waals surface area contributed by atoms with Gasteiger partial charge >= 0.3 is 0 Å². The van der Waals surface area contributed by atoms with Gasteiger partial charge in [0, 0.05) is 4.47 Å². The molecular weight excluding hydrogens is 258 g/mol. The average molecular weight is 272 g/mol. The summed E-state index contributed by atoms with van der Waals surface area (Å²) in [6.45, 7) is 0. The van der Waals surface area contributed by atoms with E-state index in [2.05, 4.69) is 15.9 Å². The van der Waals surface area contributed by atoms with Crippen molar-refractivity contribution in [3.05, 3.63) is 28.2 Å². The van der Waals surface area contributed by atoms with Gasteiger partial charge in [-0.15, -0.1) is 0 Å². The predicted molar refractivity (Wildman–Crippen MR) is 63.0 cm³/mol. The number of likely N-dealkylation sites (N-methyl/N-ethyl adjacent to an activating group) is 1. The van der Waals surface area contributed by atoms with Crippen LogP contribution < -0.4 is 0 Å². The van der Waals surface area contributed by atoms with Crippen molar-refractivity contribution in [2.45, 2.75) is 12.5 Å². The molecule has 1 aromatic rings. The van der Waals surface area contributed by atoms with Gasteiger partial charge in [0.15, 0.2) is 0 Å². The molecule has 1 rings (SSSR count). The molecule has 15 heavy (non-hydrogen) atoms. The van der Waals surface area contributed by atoms with E-state index in [0.717, 1.165) is 16.3 Å². The fourth-order valence-electron chi connectivity index (χ4n) is 1.35. The monoisotopic (exact) mass is 271 g/mol. The van der Waals surface area contributed by atoms with Gasteiger partial charge in [0.05, 0.1) is 6.04 Å². The van der Waals surface area contributed by atoms with Crippen LogP contribution in [-0.4, -0.2) is 36.4 Å². The first-order valence-corrected chi connectivity index (χ1v) is 5.42. The van der Waals surface area contributed by atoms with Gasteiger partial charge in [-0.05, 0) is 44.3 Å². The highest BCUT2D eigenvalue weighted by Crippen LogP contribution is 2.21. The van der Waals surface area contributed by atoms with Crippen molar-refractivity contribution >= 4 is 22.2 Å². The Morgan fingerprint density at radius 2 is 2.13 bits per heavy atom. The molecule has 1 atom stereocenters. The lowest BCUT2D eigenvalue weighted by molar-refractivity contribution is -0.111. The maximum Gasteiger partial charge on any atom is 0.137 e. The summed E-state index contributed by atoms with van der Waals surface area (Å²) >= 11 is 3.30. The molecule has 0 radical (unpaired) electrons. The summed E-state index contributed by atoms with van der Waals surface area (Å²) in [6.07, 6.45) is 1.52. The van der Waals surface area contributed by atoms with E-state index in [1.807, 2.05) is 25.1 Å². The van der Waals surface area contributed by atoms with Crippen LogP contribution in [0.2, 0.25) is 0 Å². The minimum atomic E-state index is -0.154. The summed E-state index contributed by atoms with van der Waals surface area (Å²) in [6, 6.07) is 5.04. The van der Waals surface area contributed by atoms with E-state index in [9.17, 15) is 9.90 Å². The summed E-state index contributed by atoms with van der Waals surface area (Å²) in [5.74, 6) is 0.211. The zero-order valence-corrected chi connectivity index (χ0v) is 10.4. The molecule has 1 N–H and O–H groups in total. The molecule has 0 heterocycles. The first-order valence-electron chi connectivity index (χ1n) is 4.63. The van der Waals surface area contributed by atoms with Crippen LogP contribution in [0.4, 0.5) is 0 Å². The van der Waals surface area contributed by atoms with Crippen LogP contribution in [-0.2, 0) is 11.2 Å². The standard InChI is InChI=1S/C11H14BrNO2/c1-13(2)10(7-14)4-8-3-9(12)6-11(15)5-8/h3,5-7,10,15H,4H2,1-2H3. The fourth-order valence-corrected chi connectivity index (χ4v) is 1.87. The molecule has 0 aliphatic rings. The molecule has 0 spiro atoms. The first kappa shape index (κ1) is 12.2. The topological polar surface area (TPSA) is 40.5 Å². The van der Waals surface area contributed by atoms with Crippen molar-refractivity contribution in [1.29, 1.82) is 0 Å². The van der Waals surface area contributed by atoms with Crippen molar-refractivity contribution < 1.29 is 9.90 Å². The molecular formula is C11H14BrNO2. The molecule has 0 aromatic heterocycles. The maximum absolute atomic E-state index is 10.8. The summed E-state index contributed by atoms with van der Waals surface area (Å²) < 4.78 is 0.820. The average Bonchev–Trinajstić information content (AvgIpc) is 2.12. The first-order chi connectivity index (χ1) is 7.02. The highest BCUT2D eigenvalue weighted by Gasteiger charge is 2.11. The third kappa shape index (κ3) is 3.64. The molecule has 0 aliphatic heterocycles. The summed E-state index contributed by atoms with van der Waals surface area (Å²) in [4.78, 5) is 12.7. The Morgan fingerprint density at radius 3 is 2.60 bits per heavy atom.